The van der Waals surface area contributed by atoms with E-state index in [1.807, 2.05) is 12.1 Å². The number of quaternary nitrogens is 2. The maximum absolute atomic E-state index is 13.6. The second kappa shape index (κ2) is 8.48. The van der Waals surface area contributed by atoms with Gasteiger partial charge >= 0.3 is 0 Å². The smallest absolute Gasteiger partial charge is 0.214 e. The number of nitrogens with one attached hydrogen (secondary N) is 2. The average Bonchev–Trinajstić information content (AvgIpc) is 3.52. The molecule has 1 saturated heterocycles. The Bertz CT molecular complexity index is 786. The van der Waals surface area contributed by atoms with E-state index in [0.29, 0.717) is 6.04 Å². The number of aromatic nitrogens is 4. The van der Waals surface area contributed by atoms with E-state index in [-0.39, 0.29) is 11.9 Å². The predicted molar refractivity (Wildman–Crippen MR) is 107 cm³/mol. The third kappa shape index (κ3) is 3.94. The first kappa shape index (κ1) is 19.1. The fraction of sp³-hybridized carbons (Fsp3) is 0.682. The van der Waals surface area contributed by atoms with Gasteiger partial charge in [0.2, 0.25) is 5.82 Å². The number of benzene rings is 1. The van der Waals surface area contributed by atoms with Crippen LogP contribution in [0.2, 0.25) is 0 Å². The third-order valence-electron chi connectivity index (χ3n) is 7.53. The van der Waals surface area contributed by atoms with Crippen LogP contribution in [0.5, 0.6) is 0 Å². The lowest BCUT2D eigenvalue weighted by molar-refractivity contribution is -1.03. The van der Waals surface area contributed by atoms with E-state index < -0.39 is 0 Å². The van der Waals surface area contributed by atoms with Gasteiger partial charge in [-0.2, -0.15) is 0 Å². The van der Waals surface area contributed by atoms with Crippen LogP contribution in [-0.2, 0) is 0 Å². The monoisotopic (exact) mass is 400 g/mol. The minimum atomic E-state index is -0.187. The van der Waals surface area contributed by atoms with Gasteiger partial charge < -0.3 is 9.80 Å². The SMILES string of the molecule is Fc1ccc([C@@H](c2nnnn2C2CCCC2)[NH+]2CC[NH+](C3CCCC3)CC2)cc1. The van der Waals surface area contributed by atoms with Crippen LogP contribution in [-0.4, -0.2) is 52.4 Å². The molecule has 6 nitrogen and oxygen atoms in total. The molecule has 29 heavy (non-hydrogen) atoms. The Hall–Kier alpha value is -1.86. The van der Waals surface area contributed by atoms with Crippen molar-refractivity contribution in [1.82, 2.24) is 20.2 Å². The van der Waals surface area contributed by atoms with Gasteiger partial charge in [-0.05, 0) is 73.2 Å². The topological polar surface area (TPSA) is 52.5 Å². The lowest BCUT2D eigenvalue weighted by atomic mass is 10.0. The van der Waals surface area contributed by atoms with Gasteiger partial charge in [0.15, 0.2) is 6.04 Å². The molecular weight excluding hydrogens is 367 g/mol. The molecule has 0 amide bonds. The molecule has 2 N–H and O–H groups in total. The lowest BCUT2D eigenvalue weighted by Gasteiger charge is -2.36. The number of nitrogens with zero attached hydrogens (tertiary/aromatic N) is 4. The molecule has 3 aliphatic rings. The van der Waals surface area contributed by atoms with Crippen LogP contribution in [0.15, 0.2) is 24.3 Å². The summed E-state index contributed by atoms with van der Waals surface area (Å²) in [6, 6.07) is 8.36. The number of hydrogen-bond acceptors (Lipinski definition) is 3. The van der Waals surface area contributed by atoms with E-state index in [9.17, 15) is 4.39 Å². The number of tetrazole rings is 1. The molecule has 1 aliphatic heterocycles. The molecule has 0 radical (unpaired) electrons. The van der Waals surface area contributed by atoms with Crippen LogP contribution in [0.1, 0.15) is 74.8 Å². The Morgan fingerprint density at radius 2 is 1.55 bits per heavy atom. The van der Waals surface area contributed by atoms with Crippen LogP contribution in [0.3, 0.4) is 0 Å². The van der Waals surface area contributed by atoms with Crippen LogP contribution < -0.4 is 9.80 Å². The van der Waals surface area contributed by atoms with Gasteiger partial charge in [0.05, 0.1) is 12.1 Å². The molecule has 2 aliphatic carbocycles. The number of hydrogen-bond donors (Lipinski definition) is 2. The van der Waals surface area contributed by atoms with E-state index in [1.165, 1.54) is 56.5 Å². The zero-order chi connectivity index (χ0) is 19.6. The van der Waals surface area contributed by atoms with Crippen molar-refractivity contribution in [3.8, 4) is 0 Å². The molecule has 1 atom stereocenters. The fourth-order valence-electron chi connectivity index (χ4n) is 5.95. The van der Waals surface area contributed by atoms with E-state index in [1.54, 1.807) is 17.0 Å². The van der Waals surface area contributed by atoms with Crippen molar-refractivity contribution in [3.63, 3.8) is 0 Å². The first-order valence-corrected chi connectivity index (χ1v) is 11.5. The van der Waals surface area contributed by atoms with Crippen molar-refractivity contribution in [1.29, 1.82) is 0 Å². The molecule has 1 aromatic carbocycles. The lowest BCUT2D eigenvalue weighted by Crippen LogP contribution is -3.29. The van der Waals surface area contributed by atoms with Crippen LogP contribution in [0.4, 0.5) is 4.39 Å². The van der Waals surface area contributed by atoms with Crippen LogP contribution in [0.25, 0.3) is 0 Å². The maximum atomic E-state index is 13.6. The van der Waals surface area contributed by atoms with Crippen molar-refractivity contribution in [2.45, 2.75) is 69.5 Å². The zero-order valence-corrected chi connectivity index (χ0v) is 17.2. The summed E-state index contributed by atoms with van der Waals surface area (Å²) in [7, 11) is 0. The second-order valence-electron chi connectivity index (χ2n) is 9.20. The quantitative estimate of drug-likeness (QED) is 0.779. The average molecular weight is 401 g/mol. The molecule has 3 fully saturated rings. The van der Waals surface area contributed by atoms with E-state index >= 15 is 0 Å². The summed E-state index contributed by atoms with van der Waals surface area (Å²) in [4.78, 5) is 3.31. The minimum absolute atomic E-state index is 0.0799. The van der Waals surface area contributed by atoms with Crippen LogP contribution in [0, 0.1) is 5.82 Å². The molecule has 0 spiro atoms. The Morgan fingerprint density at radius 3 is 2.24 bits per heavy atom. The van der Waals surface area contributed by atoms with Crippen molar-refractivity contribution in [3.05, 3.63) is 41.5 Å². The summed E-state index contributed by atoms with van der Waals surface area (Å²) in [6.45, 7) is 4.65. The number of halogens is 1. The highest BCUT2D eigenvalue weighted by atomic mass is 19.1. The van der Waals surface area contributed by atoms with Gasteiger partial charge in [-0.25, -0.2) is 9.07 Å². The molecule has 0 bridgehead atoms. The largest absolute Gasteiger partial charge is 0.323 e. The number of rotatable bonds is 5. The van der Waals surface area contributed by atoms with E-state index in [4.69, 9.17) is 0 Å². The van der Waals surface area contributed by atoms with E-state index in [2.05, 4.69) is 20.2 Å². The Balaban J connectivity index is 1.41. The van der Waals surface area contributed by atoms with Gasteiger partial charge in [-0.3, -0.25) is 0 Å². The standard InChI is InChI=1S/C22H31FN6/c23-18-11-9-17(10-12-18)21(22-24-25-26-29(22)20-7-3-4-8-20)28-15-13-27(14-16-28)19-5-1-2-6-19/h9-12,19-21H,1-8,13-16H2/p+2/t21-/m0/s1. The molecule has 2 aromatic rings. The second-order valence-corrected chi connectivity index (χ2v) is 9.20. The fourth-order valence-corrected chi connectivity index (χ4v) is 5.95. The van der Waals surface area contributed by atoms with Crippen molar-refractivity contribution in [2.75, 3.05) is 26.2 Å². The Kier molecular flexibility index (Phi) is 5.59. The maximum Gasteiger partial charge on any atom is 0.214 e. The summed E-state index contributed by atoms with van der Waals surface area (Å²) in [5.41, 5.74) is 1.12. The molecule has 1 aromatic heterocycles. The van der Waals surface area contributed by atoms with Gasteiger partial charge in [0.25, 0.3) is 0 Å². The van der Waals surface area contributed by atoms with Crippen molar-refractivity contribution < 1.29 is 14.2 Å². The van der Waals surface area contributed by atoms with Crippen LogP contribution >= 0.6 is 0 Å². The van der Waals surface area contributed by atoms with Crippen molar-refractivity contribution >= 4 is 0 Å². The predicted octanol–water partition coefficient (Wildman–Crippen LogP) is 0.743. The molecule has 7 heteroatoms. The molecule has 5 rings (SSSR count). The first-order valence-electron chi connectivity index (χ1n) is 11.5. The third-order valence-corrected chi connectivity index (χ3v) is 7.53. The summed E-state index contributed by atoms with van der Waals surface area (Å²) in [5.74, 6) is 0.774. The molecule has 2 heterocycles. The highest BCUT2D eigenvalue weighted by Crippen LogP contribution is 2.31. The Morgan fingerprint density at radius 1 is 0.897 bits per heavy atom. The zero-order valence-electron chi connectivity index (χ0n) is 17.2. The van der Waals surface area contributed by atoms with E-state index in [0.717, 1.165) is 43.4 Å². The normalized spacial score (nSPS) is 27.5. The van der Waals surface area contributed by atoms with Crippen molar-refractivity contribution in [2.24, 2.45) is 0 Å². The minimum Gasteiger partial charge on any atom is -0.323 e. The molecule has 156 valence electrons. The summed E-state index contributed by atoms with van der Waals surface area (Å²) in [5, 5.41) is 13.0. The Labute approximate surface area is 172 Å². The molecule has 2 saturated carbocycles. The van der Waals surface area contributed by atoms with Gasteiger partial charge in [0, 0.05) is 5.56 Å². The highest BCUT2D eigenvalue weighted by molar-refractivity contribution is 5.23. The molecular formula is C22H33FN6+2. The van der Waals surface area contributed by atoms with Gasteiger partial charge in [0.1, 0.15) is 32.0 Å². The first-order chi connectivity index (χ1) is 14.3. The number of piperazine rings is 1. The summed E-state index contributed by atoms with van der Waals surface area (Å²) >= 11 is 0. The highest BCUT2D eigenvalue weighted by Gasteiger charge is 2.39. The summed E-state index contributed by atoms with van der Waals surface area (Å²) < 4.78 is 15.7. The molecule has 0 unspecified atom stereocenters. The van der Waals surface area contributed by atoms with Gasteiger partial charge in [-0.15, -0.1) is 5.10 Å². The summed E-state index contributed by atoms with van der Waals surface area (Å²) in [6.07, 6.45) is 10.4. The van der Waals surface area contributed by atoms with Gasteiger partial charge in [-0.1, -0.05) is 12.8 Å².